The van der Waals surface area contributed by atoms with Crippen molar-refractivity contribution >= 4 is 21.7 Å². The number of hydrogen-bond donors (Lipinski definition) is 0. The van der Waals surface area contributed by atoms with E-state index in [1.54, 1.807) is 19.1 Å². The van der Waals surface area contributed by atoms with E-state index in [1.165, 1.54) is 12.1 Å². The SMILES string of the molecule is Cc1ccc(F)cc1C(=O)c1cc(Br)cc2c1OCC2. The molecule has 0 bridgehead atoms. The number of rotatable bonds is 2. The van der Waals surface area contributed by atoms with Crippen molar-refractivity contribution in [1.29, 1.82) is 0 Å². The summed E-state index contributed by atoms with van der Waals surface area (Å²) in [5.41, 5.74) is 2.63. The number of ketones is 1. The second-order valence-electron chi connectivity index (χ2n) is 4.83. The summed E-state index contributed by atoms with van der Waals surface area (Å²) >= 11 is 3.41. The zero-order chi connectivity index (χ0) is 14.3. The lowest BCUT2D eigenvalue weighted by Crippen LogP contribution is -2.06. The van der Waals surface area contributed by atoms with E-state index >= 15 is 0 Å². The first-order valence-electron chi connectivity index (χ1n) is 6.32. The van der Waals surface area contributed by atoms with Crippen LogP contribution in [0.25, 0.3) is 0 Å². The van der Waals surface area contributed by atoms with E-state index in [1.807, 2.05) is 6.07 Å². The molecule has 0 aliphatic carbocycles. The molecule has 2 nitrogen and oxygen atoms in total. The van der Waals surface area contributed by atoms with E-state index in [2.05, 4.69) is 15.9 Å². The molecule has 1 aliphatic rings. The lowest BCUT2D eigenvalue weighted by Gasteiger charge is -2.10. The molecule has 0 N–H and O–H groups in total. The predicted octanol–water partition coefficient (Wildman–Crippen LogP) is 4.06. The fourth-order valence-electron chi connectivity index (χ4n) is 2.42. The Labute approximate surface area is 124 Å². The Morgan fingerprint density at radius 1 is 1.25 bits per heavy atom. The zero-order valence-electron chi connectivity index (χ0n) is 10.9. The largest absolute Gasteiger partial charge is 0.492 e. The van der Waals surface area contributed by atoms with Crippen LogP contribution in [0, 0.1) is 12.7 Å². The van der Waals surface area contributed by atoms with Gasteiger partial charge in [0, 0.05) is 16.5 Å². The summed E-state index contributed by atoms with van der Waals surface area (Å²) in [7, 11) is 0. The topological polar surface area (TPSA) is 26.3 Å². The molecule has 2 aromatic rings. The van der Waals surface area contributed by atoms with Gasteiger partial charge in [-0.05, 0) is 42.3 Å². The van der Waals surface area contributed by atoms with Crippen LogP contribution in [0.1, 0.15) is 27.0 Å². The summed E-state index contributed by atoms with van der Waals surface area (Å²) in [4.78, 5) is 12.7. The van der Waals surface area contributed by atoms with Crippen molar-refractivity contribution in [3.63, 3.8) is 0 Å². The highest BCUT2D eigenvalue weighted by Crippen LogP contribution is 2.34. The lowest BCUT2D eigenvalue weighted by molar-refractivity contribution is 0.103. The van der Waals surface area contributed by atoms with E-state index in [0.717, 1.165) is 22.0 Å². The fraction of sp³-hybridized carbons (Fsp3) is 0.188. The third-order valence-electron chi connectivity index (χ3n) is 3.44. The molecule has 20 heavy (non-hydrogen) atoms. The molecule has 0 unspecified atom stereocenters. The molecule has 0 aromatic heterocycles. The first-order chi connectivity index (χ1) is 9.56. The van der Waals surface area contributed by atoms with Gasteiger partial charge in [-0.1, -0.05) is 22.0 Å². The molecule has 3 rings (SSSR count). The van der Waals surface area contributed by atoms with Gasteiger partial charge in [-0.15, -0.1) is 0 Å². The van der Waals surface area contributed by atoms with Crippen LogP contribution in [0.5, 0.6) is 5.75 Å². The van der Waals surface area contributed by atoms with Crippen LogP contribution in [0.4, 0.5) is 4.39 Å². The second-order valence-corrected chi connectivity index (χ2v) is 5.74. The highest BCUT2D eigenvalue weighted by atomic mass is 79.9. The Morgan fingerprint density at radius 2 is 2.05 bits per heavy atom. The Bertz CT molecular complexity index is 710. The van der Waals surface area contributed by atoms with Gasteiger partial charge in [0.15, 0.2) is 5.78 Å². The third kappa shape index (κ3) is 2.24. The number of benzene rings is 2. The summed E-state index contributed by atoms with van der Waals surface area (Å²) in [5.74, 6) is 0.00909. The van der Waals surface area contributed by atoms with E-state index in [-0.39, 0.29) is 5.78 Å². The van der Waals surface area contributed by atoms with Crippen molar-refractivity contribution in [3.8, 4) is 5.75 Å². The highest BCUT2D eigenvalue weighted by Gasteiger charge is 2.23. The summed E-state index contributed by atoms with van der Waals surface area (Å²) in [5, 5.41) is 0. The number of hydrogen-bond acceptors (Lipinski definition) is 2. The smallest absolute Gasteiger partial charge is 0.197 e. The average molecular weight is 335 g/mol. The maximum Gasteiger partial charge on any atom is 0.197 e. The van der Waals surface area contributed by atoms with Crippen LogP contribution in [0.15, 0.2) is 34.8 Å². The molecular formula is C16H12BrFO2. The molecule has 0 atom stereocenters. The van der Waals surface area contributed by atoms with Crippen LogP contribution in [0.3, 0.4) is 0 Å². The highest BCUT2D eigenvalue weighted by molar-refractivity contribution is 9.10. The van der Waals surface area contributed by atoms with Gasteiger partial charge >= 0.3 is 0 Å². The van der Waals surface area contributed by atoms with Gasteiger partial charge in [-0.25, -0.2) is 4.39 Å². The van der Waals surface area contributed by atoms with Gasteiger partial charge in [0.2, 0.25) is 0 Å². The summed E-state index contributed by atoms with van der Waals surface area (Å²) in [6.07, 6.45) is 0.789. The Morgan fingerprint density at radius 3 is 2.85 bits per heavy atom. The standard InChI is InChI=1S/C16H12BrFO2/c1-9-2-3-12(18)8-13(9)15(19)14-7-11(17)6-10-4-5-20-16(10)14/h2-3,6-8H,4-5H2,1H3. The first-order valence-corrected chi connectivity index (χ1v) is 7.11. The van der Waals surface area contributed by atoms with Gasteiger partial charge in [-0.3, -0.25) is 4.79 Å². The molecule has 0 saturated heterocycles. The maximum absolute atomic E-state index is 13.4. The summed E-state index contributed by atoms with van der Waals surface area (Å²) in [6.45, 7) is 2.37. The molecule has 0 spiro atoms. The molecule has 0 saturated carbocycles. The fourth-order valence-corrected chi connectivity index (χ4v) is 2.93. The van der Waals surface area contributed by atoms with Gasteiger partial charge in [0.1, 0.15) is 11.6 Å². The molecule has 1 aliphatic heterocycles. The van der Waals surface area contributed by atoms with E-state index in [9.17, 15) is 9.18 Å². The number of ether oxygens (including phenoxy) is 1. The van der Waals surface area contributed by atoms with Gasteiger partial charge < -0.3 is 4.74 Å². The number of fused-ring (bicyclic) bond motifs is 1. The van der Waals surface area contributed by atoms with Gasteiger partial charge in [-0.2, -0.15) is 0 Å². The van der Waals surface area contributed by atoms with Crippen molar-refractivity contribution in [1.82, 2.24) is 0 Å². The Balaban J connectivity index is 2.14. The molecule has 1 heterocycles. The first kappa shape index (κ1) is 13.3. The minimum absolute atomic E-state index is 0.207. The van der Waals surface area contributed by atoms with Gasteiger partial charge in [0.05, 0.1) is 12.2 Å². The van der Waals surface area contributed by atoms with Crippen molar-refractivity contribution in [3.05, 3.63) is 62.9 Å². The normalized spacial score (nSPS) is 12.9. The molecular weight excluding hydrogens is 323 g/mol. The van der Waals surface area contributed by atoms with Crippen LogP contribution < -0.4 is 4.74 Å². The van der Waals surface area contributed by atoms with E-state index in [0.29, 0.717) is 23.5 Å². The Hall–Kier alpha value is -1.68. The zero-order valence-corrected chi connectivity index (χ0v) is 12.5. The number of aryl methyl sites for hydroxylation is 1. The van der Waals surface area contributed by atoms with Crippen molar-refractivity contribution < 1.29 is 13.9 Å². The molecule has 0 fully saturated rings. The number of carbonyl (C=O) groups excluding carboxylic acids is 1. The van der Waals surface area contributed by atoms with Crippen molar-refractivity contribution in [2.45, 2.75) is 13.3 Å². The predicted molar refractivity (Wildman–Crippen MR) is 77.9 cm³/mol. The second kappa shape index (κ2) is 5.02. The van der Waals surface area contributed by atoms with Crippen LogP contribution in [0.2, 0.25) is 0 Å². The number of carbonyl (C=O) groups is 1. The van der Waals surface area contributed by atoms with Crippen LogP contribution in [-0.2, 0) is 6.42 Å². The van der Waals surface area contributed by atoms with Gasteiger partial charge in [0.25, 0.3) is 0 Å². The summed E-state index contributed by atoms with van der Waals surface area (Å²) < 4.78 is 19.8. The van der Waals surface area contributed by atoms with Crippen LogP contribution >= 0.6 is 15.9 Å². The van der Waals surface area contributed by atoms with E-state index < -0.39 is 5.82 Å². The minimum Gasteiger partial charge on any atom is -0.492 e. The van der Waals surface area contributed by atoms with Crippen molar-refractivity contribution in [2.75, 3.05) is 6.61 Å². The molecule has 4 heteroatoms. The minimum atomic E-state index is -0.411. The van der Waals surface area contributed by atoms with E-state index in [4.69, 9.17) is 4.74 Å². The van der Waals surface area contributed by atoms with Crippen LogP contribution in [-0.4, -0.2) is 12.4 Å². The average Bonchev–Trinajstić information content (AvgIpc) is 2.87. The van der Waals surface area contributed by atoms with Crippen molar-refractivity contribution in [2.24, 2.45) is 0 Å². The Kier molecular flexibility index (Phi) is 3.34. The molecule has 0 amide bonds. The molecule has 102 valence electrons. The monoisotopic (exact) mass is 334 g/mol. The third-order valence-corrected chi connectivity index (χ3v) is 3.90. The number of halogens is 2. The summed E-state index contributed by atoms with van der Waals surface area (Å²) in [6, 6.07) is 7.93. The molecule has 0 radical (unpaired) electrons. The lowest BCUT2D eigenvalue weighted by atomic mass is 9.96. The quantitative estimate of drug-likeness (QED) is 0.774. The maximum atomic E-state index is 13.4. The molecule has 2 aromatic carbocycles.